The van der Waals surface area contributed by atoms with Gasteiger partial charge in [0, 0.05) is 11.4 Å². The predicted octanol–water partition coefficient (Wildman–Crippen LogP) is 4.36. The van der Waals surface area contributed by atoms with Gasteiger partial charge in [0.2, 0.25) is 0 Å². The van der Waals surface area contributed by atoms with Gasteiger partial charge < -0.3 is 5.32 Å². The van der Waals surface area contributed by atoms with E-state index in [9.17, 15) is 0 Å². The van der Waals surface area contributed by atoms with E-state index in [0.717, 1.165) is 16.8 Å². The largest absolute Gasteiger partial charge is 0.316 e. The molecule has 0 bridgehead atoms. The Kier molecular flexibility index (Phi) is 4.51. The van der Waals surface area contributed by atoms with Gasteiger partial charge in [0.15, 0.2) is 0 Å². The van der Waals surface area contributed by atoms with Crippen molar-refractivity contribution in [2.75, 3.05) is 13.1 Å². The van der Waals surface area contributed by atoms with Gasteiger partial charge in [0.1, 0.15) is 0 Å². The van der Waals surface area contributed by atoms with Gasteiger partial charge in [-0.05, 0) is 49.3 Å². The molecule has 17 heavy (non-hydrogen) atoms. The molecule has 3 heteroatoms. The Morgan fingerprint density at radius 2 is 2.18 bits per heavy atom. The first-order valence-corrected chi connectivity index (χ1v) is 7.74. The quantitative estimate of drug-likeness (QED) is 0.811. The lowest BCUT2D eigenvalue weighted by molar-refractivity contribution is 0.130. The zero-order chi connectivity index (χ0) is 12.3. The van der Waals surface area contributed by atoms with E-state index >= 15 is 0 Å². The molecule has 1 aromatic rings. The molecule has 1 heterocycles. The fourth-order valence-corrected chi connectivity index (χ4v) is 3.80. The lowest BCUT2D eigenvalue weighted by Gasteiger charge is -2.42. The minimum atomic E-state index is 0.517. The van der Waals surface area contributed by atoms with Gasteiger partial charge >= 0.3 is 0 Å². The Balaban J connectivity index is 1.86. The summed E-state index contributed by atoms with van der Waals surface area (Å²) in [5.41, 5.74) is 0.517. The van der Waals surface area contributed by atoms with Gasteiger partial charge in [0.05, 0.1) is 4.34 Å². The molecule has 0 spiro atoms. The average Bonchev–Trinajstić information content (AvgIpc) is 2.59. The van der Waals surface area contributed by atoms with Crippen LogP contribution in [0.15, 0.2) is 12.1 Å². The molecule has 0 unspecified atom stereocenters. The van der Waals surface area contributed by atoms with Crippen molar-refractivity contribution >= 4 is 22.9 Å². The van der Waals surface area contributed by atoms with Crippen LogP contribution in [0.1, 0.15) is 38.0 Å². The Morgan fingerprint density at radius 1 is 1.41 bits per heavy atom. The first kappa shape index (κ1) is 13.4. The molecule has 1 N–H and O–H groups in total. The lowest BCUT2D eigenvalue weighted by Crippen LogP contribution is -2.42. The zero-order valence-corrected chi connectivity index (χ0v) is 12.3. The van der Waals surface area contributed by atoms with Crippen molar-refractivity contribution in [2.45, 2.75) is 39.5 Å². The summed E-state index contributed by atoms with van der Waals surface area (Å²) in [5.74, 6) is 0.739. The van der Waals surface area contributed by atoms with Crippen molar-refractivity contribution in [2.24, 2.45) is 11.3 Å². The fraction of sp³-hybridized carbons (Fsp3) is 0.714. The van der Waals surface area contributed by atoms with Gasteiger partial charge in [0.25, 0.3) is 0 Å². The molecule has 0 saturated heterocycles. The molecule has 0 amide bonds. The maximum Gasteiger partial charge on any atom is 0.0931 e. The Morgan fingerprint density at radius 3 is 2.65 bits per heavy atom. The number of rotatable bonds is 6. The molecule has 96 valence electrons. The predicted molar refractivity (Wildman–Crippen MR) is 77.0 cm³/mol. The van der Waals surface area contributed by atoms with E-state index in [-0.39, 0.29) is 0 Å². The molecule has 0 radical (unpaired) electrons. The molecule has 0 atom stereocenters. The summed E-state index contributed by atoms with van der Waals surface area (Å²) in [5, 5.41) is 3.63. The topological polar surface area (TPSA) is 12.0 Å². The van der Waals surface area contributed by atoms with E-state index in [1.165, 1.54) is 37.1 Å². The number of halogens is 1. The molecular formula is C14H22ClNS. The highest BCUT2D eigenvalue weighted by atomic mass is 35.5. The summed E-state index contributed by atoms with van der Waals surface area (Å²) >= 11 is 7.74. The van der Waals surface area contributed by atoms with Crippen LogP contribution in [0.4, 0.5) is 0 Å². The summed E-state index contributed by atoms with van der Waals surface area (Å²) < 4.78 is 0.921. The molecule has 1 aromatic heterocycles. The van der Waals surface area contributed by atoms with Crippen LogP contribution >= 0.6 is 22.9 Å². The molecule has 2 rings (SSSR count). The lowest BCUT2D eigenvalue weighted by atomic mass is 9.66. The van der Waals surface area contributed by atoms with E-state index in [0.29, 0.717) is 5.41 Å². The minimum Gasteiger partial charge on any atom is -0.316 e. The van der Waals surface area contributed by atoms with E-state index in [4.69, 9.17) is 11.6 Å². The van der Waals surface area contributed by atoms with Crippen molar-refractivity contribution in [1.82, 2.24) is 5.32 Å². The Hall–Kier alpha value is -0.0500. The van der Waals surface area contributed by atoms with Crippen LogP contribution < -0.4 is 5.32 Å². The number of hydrogen-bond acceptors (Lipinski definition) is 2. The number of thiophene rings is 1. The zero-order valence-electron chi connectivity index (χ0n) is 10.8. The first-order valence-electron chi connectivity index (χ1n) is 6.55. The minimum absolute atomic E-state index is 0.517. The first-order chi connectivity index (χ1) is 8.10. The normalized spacial score (nSPS) is 18.4. The van der Waals surface area contributed by atoms with Crippen LogP contribution in [0.2, 0.25) is 4.34 Å². The SMILES string of the molecule is CC(C)CNCC1(Cc2ccc(Cl)s2)CCC1. The van der Waals surface area contributed by atoms with Gasteiger partial charge in [-0.3, -0.25) is 0 Å². The molecule has 1 fully saturated rings. The van der Waals surface area contributed by atoms with E-state index < -0.39 is 0 Å². The summed E-state index contributed by atoms with van der Waals surface area (Å²) in [6.07, 6.45) is 5.33. The van der Waals surface area contributed by atoms with Crippen LogP contribution in [0.25, 0.3) is 0 Å². The third-order valence-corrected chi connectivity index (χ3v) is 4.88. The molecule has 1 aliphatic rings. The molecular weight excluding hydrogens is 250 g/mol. The highest BCUT2D eigenvalue weighted by Gasteiger charge is 2.36. The summed E-state index contributed by atoms with van der Waals surface area (Å²) in [4.78, 5) is 1.45. The maximum absolute atomic E-state index is 6.00. The third kappa shape index (κ3) is 3.70. The molecule has 1 aliphatic carbocycles. The Labute approximate surface area is 114 Å². The number of nitrogens with one attached hydrogen (secondary N) is 1. The maximum atomic E-state index is 6.00. The molecule has 1 nitrogen and oxygen atoms in total. The Bertz CT molecular complexity index is 355. The summed E-state index contributed by atoms with van der Waals surface area (Å²) in [6.45, 7) is 6.83. The van der Waals surface area contributed by atoms with Gasteiger partial charge in [-0.15, -0.1) is 11.3 Å². The number of hydrogen-bond donors (Lipinski definition) is 1. The second-order valence-electron chi connectivity index (χ2n) is 5.76. The molecule has 0 aromatic carbocycles. The van der Waals surface area contributed by atoms with Crippen LogP contribution in [-0.2, 0) is 6.42 Å². The van der Waals surface area contributed by atoms with Gasteiger partial charge in [-0.25, -0.2) is 0 Å². The highest BCUT2D eigenvalue weighted by Crippen LogP contribution is 2.44. The molecule has 0 aliphatic heterocycles. The second-order valence-corrected chi connectivity index (χ2v) is 7.56. The van der Waals surface area contributed by atoms with Crippen LogP contribution in [0.5, 0.6) is 0 Å². The summed E-state index contributed by atoms with van der Waals surface area (Å²) in [6, 6.07) is 4.21. The highest BCUT2D eigenvalue weighted by molar-refractivity contribution is 7.16. The fourth-order valence-electron chi connectivity index (χ4n) is 2.54. The monoisotopic (exact) mass is 271 g/mol. The van der Waals surface area contributed by atoms with Crippen LogP contribution in [0, 0.1) is 11.3 Å². The van der Waals surface area contributed by atoms with Gasteiger partial charge in [-0.2, -0.15) is 0 Å². The van der Waals surface area contributed by atoms with E-state index in [2.05, 4.69) is 25.2 Å². The van der Waals surface area contributed by atoms with Crippen molar-refractivity contribution in [3.05, 3.63) is 21.3 Å². The average molecular weight is 272 g/mol. The van der Waals surface area contributed by atoms with Gasteiger partial charge in [-0.1, -0.05) is 31.9 Å². The molecule has 1 saturated carbocycles. The van der Waals surface area contributed by atoms with Crippen molar-refractivity contribution in [3.63, 3.8) is 0 Å². The summed E-state index contributed by atoms with van der Waals surface area (Å²) in [7, 11) is 0. The van der Waals surface area contributed by atoms with Crippen LogP contribution in [0.3, 0.4) is 0 Å². The van der Waals surface area contributed by atoms with Crippen molar-refractivity contribution in [1.29, 1.82) is 0 Å². The third-order valence-electron chi connectivity index (χ3n) is 3.64. The van der Waals surface area contributed by atoms with E-state index in [1.54, 1.807) is 11.3 Å². The van der Waals surface area contributed by atoms with E-state index in [1.807, 2.05) is 6.07 Å². The van der Waals surface area contributed by atoms with Crippen molar-refractivity contribution in [3.8, 4) is 0 Å². The van der Waals surface area contributed by atoms with Crippen molar-refractivity contribution < 1.29 is 0 Å². The van der Waals surface area contributed by atoms with Crippen LogP contribution in [-0.4, -0.2) is 13.1 Å². The second kappa shape index (κ2) is 5.73. The standard InChI is InChI=1S/C14H22ClNS/c1-11(2)9-16-10-14(6-3-7-14)8-12-4-5-13(15)17-12/h4-5,11,16H,3,6-10H2,1-2H3. The smallest absolute Gasteiger partial charge is 0.0931 e.